The molecule has 0 unspecified atom stereocenters. The molecule has 1 aromatic rings. The molecule has 0 aromatic heterocycles. The Balaban J connectivity index is 1.73. The number of sulfonamides is 1. The predicted octanol–water partition coefficient (Wildman–Crippen LogP) is 1.59. The standard InChI is InChI=1S/C14H19NO4S2/c1-18-11-4-3-5-13(6-11)21(16,17)15-9-14(10-15)7-12(19-2)8-20-14/h3-6,12H,7-10H2,1-2H3/t12-/m0/s1. The van der Waals surface area contributed by atoms with Crippen LogP contribution in [0, 0.1) is 0 Å². The first kappa shape index (κ1) is 15.1. The van der Waals surface area contributed by atoms with Crippen molar-refractivity contribution in [2.75, 3.05) is 33.1 Å². The molecule has 5 nitrogen and oxygen atoms in total. The third-order valence-electron chi connectivity index (χ3n) is 4.12. The molecular formula is C14H19NO4S2. The highest BCUT2D eigenvalue weighted by Crippen LogP contribution is 2.47. The SMILES string of the molecule is COc1cccc(S(=O)(=O)N2CC3(C[C@H](OC)CS3)C2)c1. The first-order chi connectivity index (χ1) is 9.99. The van der Waals surface area contributed by atoms with Crippen LogP contribution in [0.4, 0.5) is 0 Å². The van der Waals surface area contributed by atoms with Crippen LogP contribution in [-0.2, 0) is 14.8 Å². The minimum Gasteiger partial charge on any atom is -0.497 e. The molecule has 116 valence electrons. The minimum atomic E-state index is -3.42. The van der Waals surface area contributed by atoms with E-state index in [1.807, 2.05) is 11.8 Å². The molecule has 2 saturated heterocycles. The summed E-state index contributed by atoms with van der Waals surface area (Å²) >= 11 is 1.83. The zero-order valence-electron chi connectivity index (χ0n) is 12.1. The largest absolute Gasteiger partial charge is 0.497 e. The van der Waals surface area contributed by atoms with Crippen molar-refractivity contribution in [1.29, 1.82) is 0 Å². The van der Waals surface area contributed by atoms with E-state index in [-0.39, 0.29) is 10.9 Å². The van der Waals surface area contributed by atoms with Crippen LogP contribution in [0.5, 0.6) is 5.75 Å². The second kappa shape index (κ2) is 5.46. The van der Waals surface area contributed by atoms with Crippen molar-refractivity contribution >= 4 is 21.8 Å². The Bertz CT molecular complexity index is 626. The third kappa shape index (κ3) is 2.67. The van der Waals surface area contributed by atoms with Crippen LogP contribution < -0.4 is 4.74 Å². The Morgan fingerprint density at radius 3 is 2.71 bits per heavy atom. The molecular weight excluding hydrogens is 310 g/mol. The average Bonchev–Trinajstić information content (AvgIpc) is 2.90. The molecule has 0 aliphatic carbocycles. The van der Waals surface area contributed by atoms with Crippen LogP contribution >= 0.6 is 11.8 Å². The van der Waals surface area contributed by atoms with Gasteiger partial charge >= 0.3 is 0 Å². The minimum absolute atomic E-state index is 0.0482. The van der Waals surface area contributed by atoms with Gasteiger partial charge in [0.15, 0.2) is 0 Å². The van der Waals surface area contributed by atoms with Gasteiger partial charge in [0.05, 0.1) is 18.1 Å². The zero-order valence-corrected chi connectivity index (χ0v) is 13.7. The van der Waals surface area contributed by atoms with E-state index in [0.717, 1.165) is 12.2 Å². The summed E-state index contributed by atoms with van der Waals surface area (Å²) in [6.07, 6.45) is 1.18. The van der Waals surface area contributed by atoms with Crippen molar-refractivity contribution in [3.8, 4) is 5.75 Å². The molecule has 3 rings (SSSR count). The van der Waals surface area contributed by atoms with Gasteiger partial charge in [0.2, 0.25) is 10.0 Å². The Hall–Kier alpha value is -0.760. The molecule has 2 heterocycles. The van der Waals surface area contributed by atoms with E-state index in [1.54, 1.807) is 35.7 Å². The summed E-state index contributed by atoms with van der Waals surface area (Å²) in [7, 11) is -0.175. The van der Waals surface area contributed by atoms with E-state index in [4.69, 9.17) is 9.47 Å². The molecule has 2 aliphatic rings. The van der Waals surface area contributed by atoms with Gasteiger partial charge < -0.3 is 9.47 Å². The molecule has 0 saturated carbocycles. The highest BCUT2D eigenvalue weighted by molar-refractivity contribution is 8.01. The maximum absolute atomic E-state index is 12.6. The monoisotopic (exact) mass is 329 g/mol. The number of thioether (sulfide) groups is 1. The number of benzene rings is 1. The fourth-order valence-corrected chi connectivity index (χ4v) is 6.25. The van der Waals surface area contributed by atoms with Crippen LogP contribution in [0.15, 0.2) is 29.2 Å². The van der Waals surface area contributed by atoms with Crippen LogP contribution in [0.3, 0.4) is 0 Å². The predicted molar refractivity (Wildman–Crippen MR) is 82.4 cm³/mol. The van der Waals surface area contributed by atoms with Gasteiger partial charge in [-0.15, -0.1) is 11.8 Å². The van der Waals surface area contributed by atoms with E-state index in [1.165, 1.54) is 7.11 Å². The summed E-state index contributed by atoms with van der Waals surface area (Å²) < 4.78 is 37.3. The van der Waals surface area contributed by atoms with E-state index in [2.05, 4.69) is 0 Å². The van der Waals surface area contributed by atoms with E-state index < -0.39 is 10.0 Å². The lowest BCUT2D eigenvalue weighted by atomic mass is 9.96. The van der Waals surface area contributed by atoms with Gasteiger partial charge in [0.25, 0.3) is 0 Å². The van der Waals surface area contributed by atoms with Gasteiger partial charge in [-0.05, 0) is 18.6 Å². The lowest BCUT2D eigenvalue weighted by molar-refractivity contribution is 0.0931. The molecule has 1 atom stereocenters. The third-order valence-corrected chi connectivity index (χ3v) is 7.48. The maximum atomic E-state index is 12.6. The molecule has 0 amide bonds. The van der Waals surface area contributed by atoms with Gasteiger partial charge in [-0.2, -0.15) is 4.31 Å². The van der Waals surface area contributed by atoms with Crippen molar-refractivity contribution in [1.82, 2.24) is 4.31 Å². The molecule has 0 bridgehead atoms. The number of ether oxygens (including phenoxy) is 2. The molecule has 7 heteroatoms. The summed E-state index contributed by atoms with van der Waals surface area (Å²) in [5.74, 6) is 1.50. The molecule has 1 aromatic carbocycles. The van der Waals surface area contributed by atoms with Crippen LogP contribution in [0.2, 0.25) is 0 Å². The number of hydrogen-bond donors (Lipinski definition) is 0. The number of methoxy groups -OCH3 is 2. The summed E-state index contributed by atoms with van der Waals surface area (Å²) in [6.45, 7) is 1.13. The Morgan fingerprint density at radius 2 is 2.10 bits per heavy atom. The van der Waals surface area contributed by atoms with E-state index in [0.29, 0.717) is 23.7 Å². The quantitative estimate of drug-likeness (QED) is 0.840. The lowest BCUT2D eigenvalue weighted by Crippen LogP contribution is -2.60. The average molecular weight is 329 g/mol. The summed E-state index contributed by atoms with van der Waals surface area (Å²) in [5.41, 5.74) is 0. The van der Waals surface area contributed by atoms with Crippen molar-refractivity contribution in [3.63, 3.8) is 0 Å². The van der Waals surface area contributed by atoms with Crippen molar-refractivity contribution in [2.45, 2.75) is 22.2 Å². The number of rotatable bonds is 4. The molecule has 2 fully saturated rings. The molecule has 2 aliphatic heterocycles. The van der Waals surface area contributed by atoms with Gasteiger partial charge in [0.1, 0.15) is 5.75 Å². The van der Waals surface area contributed by atoms with E-state index >= 15 is 0 Å². The van der Waals surface area contributed by atoms with Gasteiger partial charge in [-0.1, -0.05) is 6.07 Å². The van der Waals surface area contributed by atoms with Crippen molar-refractivity contribution in [2.24, 2.45) is 0 Å². The highest BCUT2D eigenvalue weighted by atomic mass is 32.2. The second-order valence-electron chi connectivity index (χ2n) is 5.51. The highest BCUT2D eigenvalue weighted by Gasteiger charge is 2.53. The second-order valence-corrected chi connectivity index (χ2v) is 8.93. The normalized spacial score (nSPS) is 25.0. The zero-order chi connectivity index (χ0) is 15.1. The lowest BCUT2D eigenvalue weighted by Gasteiger charge is -2.46. The summed E-state index contributed by atoms with van der Waals surface area (Å²) in [6, 6.07) is 6.63. The molecule has 1 spiro atoms. The summed E-state index contributed by atoms with van der Waals surface area (Å²) in [5, 5.41) is 0. The van der Waals surface area contributed by atoms with Crippen molar-refractivity contribution in [3.05, 3.63) is 24.3 Å². The Labute approximate surface area is 129 Å². The Kier molecular flexibility index (Phi) is 3.94. The Morgan fingerprint density at radius 1 is 1.33 bits per heavy atom. The van der Waals surface area contributed by atoms with Crippen LogP contribution in [0.1, 0.15) is 6.42 Å². The van der Waals surface area contributed by atoms with Crippen molar-refractivity contribution < 1.29 is 17.9 Å². The number of nitrogens with zero attached hydrogens (tertiary/aromatic N) is 1. The van der Waals surface area contributed by atoms with Crippen LogP contribution in [-0.4, -0.2) is 56.6 Å². The summed E-state index contributed by atoms with van der Waals surface area (Å²) in [4.78, 5) is 0.294. The first-order valence-corrected chi connectivity index (χ1v) is 9.23. The molecule has 21 heavy (non-hydrogen) atoms. The topological polar surface area (TPSA) is 55.8 Å². The molecule has 0 N–H and O–H groups in total. The van der Waals surface area contributed by atoms with Gasteiger partial charge in [0, 0.05) is 36.8 Å². The van der Waals surface area contributed by atoms with Gasteiger partial charge in [-0.3, -0.25) is 0 Å². The number of hydrogen-bond acceptors (Lipinski definition) is 5. The fourth-order valence-electron chi connectivity index (χ4n) is 2.85. The van der Waals surface area contributed by atoms with Crippen LogP contribution in [0.25, 0.3) is 0 Å². The smallest absolute Gasteiger partial charge is 0.243 e. The fraction of sp³-hybridized carbons (Fsp3) is 0.571. The van der Waals surface area contributed by atoms with Gasteiger partial charge in [-0.25, -0.2) is 8.42 Å². The van der Waals surface area contributed by atoms with E-state index in [9.17, 15) is 8.42 Å². The molecule has 0 radical (unpaired) electrons. The first-order valence-electron chi connectivity index (χ1n) is 6.80. The maximum Gasteiger partial charge on any atom is 0.243 e.